The summed E-state index contributed by atoms with van der Waals surface area (Å²) in [6.45, 7) is 0. The molecule has 2 aromatic carbocycles. The van der Waals surface area contributed by atoms with Gasteiger partial charge in [-0.25, -0.2) is 4.98 Å². The van der Waals surface area contributed by atoms with Crippen LogP contribution in [0, 0.1) is 0 Å². The Bertz CT molecular complexity index is 1020. The van der Waals surface area contributed by atoms with Gasteiger partial charge in [0.1, 0.15) is 5.69 Å². The zero-order valence-corrected chi connectivity index (χ0v) is 11.7. The number of rotatable bonds is 1. The first kappa shape index (κ1) is 13.8. The lowest BCUT2D eigenvalue weighted by molar-refractivity contribution is -0.140. The normalized spacial score (nSPS) is 12.1. The average Bonchev–Trinajstić information content (AvgIpc) is 2.94. The van der Waals surface area contributed by atoms with Crippen LogP contribution in [0.2, 0.25) is 0 Å². The molecule has 0 fully saturated rings. The molecule has 0 atom stereocenters. The maximum Gasteiger partial charge on any atom is 0.431 e. The maximum absolute atomic E-state index is 13.4. The fourth-order valence-electron chi connectivity index (χ4n) is 2.70. The van der Waals surface area contributed by atoms with Crippen molar-refractivity contribution in [2.24, 2.45) is 0 Å². The van der Waals surface area contributed by atoms with Crippen molar-refractivity contribution >= 4 is 21.9 Å². The molecule has 0 unspecified atom stereocenters. The number of hydrogen-bond acceptors (Lipinski definition) is 2. The number of benzene rings is 2. The molecule has 0 aliphatic heterocycles. The highest BCUT2D eigenvalue weighted by Crippen LogP contribution is 2.40. The molecule has 23 heavy (non-hydrogen) atoms. The second-order valence-electron chi connectivity index (χ2n) is 5.16. The molecular formula is C17H10F3N3. The topological polar surface area (TPSA) is 41.6 Å². The first-order valence-electron chi connectivity index (χ1n) is 6.94. The quantitative estimate of drug-likeness (QED) is 0.548. The van der Waals surface area contributed by atoms with Crippen LogP contribution in [0.5, 0.6) is 0 Å². The van der Waals surface area contributed by atoms with Crippen LogP contribution in [0.4, 0.5) is 13.2 Å². The molecular weight excluding hydrogens is 303 g/mol. The largest absolute Gasteiger partial charge is 0.431 e. The molecule has 0 spiro atoms. The van der Waals surface area contributed by atoms with Crippen LogP contribution in [-0.4, -0.2) is 15.0 Å². The van der Waals surface area contributed by atoms with Gasteiger partial charge in [0, 0.05) is 16.5 Å². The Balaban J connectivity index is 2.06. The Morgan fingerprint density at radius 3 is 2.35 bits per heavy atom. The highest BCUT2D eigenvalue weighted by atomic mass is 19.4. The summed E-state index contributed by atoms with van der Waals surface area (Å²) in [5.74, 6) is 0. The summed E-state index contributed by atoms with van der Waals surface area (Å²) in [7, 11) is 0. The molecule has 0 amide bonds. The number of fused-ring (bicyclic) bond motifs is 2. The third kappa shape index (κ3) is 2.23. The number of para-hydroxylation sites is 3. The minimum Gasteiger partial charge on any atom is -0.350 e. The van der Waals surface area contributed by atoms with E-state index >= 15 is 0 Å². The molecule has 4 aromatic rings. The number of aromatic nitrogens is 3. The van der Waals surface area contributed by atoms with Crippen LogP contribution in [0.3, 0.4) is 0 Å². The summed E-state index contributed by atoms with van der Waals surface area (Å²) in [6, 6.07) is 13.7. The standard InChI is InChI=1S/C17H10F3N3/c18-17(19,20)16-15(10-5-1-2-6-11(10)23-16)14-9-21-12-7-3-4-8-13(12)22-14/h1-9,23H. The first-order valence-corrected chi connectivity index (χ1v) is 6.94. The third-order valence-electron chi connectivity index (χ3n) is 3.69. The van der Waals surface area contributed by atoms with Crippen molar-refractivity contribution in [3.8, 4) is 11.3 Å². The number of alkyl halides is 3. The van der Waals surface area contributed by atoms with E-state index in [4.69, 9.17) is 0 Å². The second-order valence-corrected chi connectivity index (χ2v) is 5.16. The summed E-state index contributed by atoms with van der Waals surface area (Å²) < 4.78 is 40.2. The molecule has 0 radical (unpaired) electrons. The Hall–Kier alpha value is -2.89. The Morgan fingerprint density at radius 2 is 1.57 bits per heavy atom. The van der Waals surface area contributed by atoms with Gasteiger partial charge >= 0.3 is 6.18 Å². The van der Waals surface area contributed by atoms with Crippen molar-refractivity contribution in [3.63, 3.8) is 0 Å². The van der Waals surface area contributed by atoms with Crippen LogP contribution >= 0.6 is 0 Å². The molecule has 6 heteroatoms. The van der Waals surface area contributed by atoms with Crippen LogP contribution < -0.4 is 0 Å². The van der Waals surface area contributed by atoms with E-state index in [0.29, 0.717) is 21.9 Å². The van der Waals surface area contributed by atoms with Gasteiger partial charge in [0.05, 0.1) is 22.9 Å². The minimum absolute atomic E-state index is 0.0337. The molecule has 0 bridgehead atoms. The summed E-state index contributed by atoms with van der Waals surface area (Å²) in [4.78, 5) is 11.0. The third-order valence-corrected chi connectivity index (χ3v) is 3.69. The Morgan fingerprint density at radius 1 is 0.870 bits per heavy atom. The number of nitrogens with one attached hydrogen (secondary N) is 1. The number of aromatic amines is 1. The highest BCUT2D eigenvalue weighted by Gasteiger charge is 2.37. The smallest absolute Gasteiger partial charge is 0.350 e. The molecule has 0 saturated carbocycles. The van der Waals surface area contributed by atoms with E-state index in [1.54, 1.807) is 42.5 Å². The van der Waals surface area contributed by atoms with Crippen molar-refractivity contribution in [2.45, 2.75) is 6.18 Å². The van der Waals surface area contributed by atoms with Crippen molar-refractivity contribution in [1.29, 1.82) is 0 Å². The van der Waals surface area contributed by atoms with Gasteiger partial charge in [-0.05, 0) is 18.2 Å². The molecule has 0 aliphatic rings. The molecule has 3 nitrogen and oxygen atoms in total. The van der Waals surface area contributed by atoms with Crippen LogP contribution in [0.1, 0.15) is 5.69 Å². The number of H-pyrrole nitrogens is 1. The fraction of sp³-hybridized carbons (Fsp3) is 0.0588. The Labute approximate surface area is 128 Å². The molecule has 2 aromatic heterocycles. The predicted molar refractivity (Wildman–Crippen MR) is 81.8 cm³/mol. The zero-order chi connectivity index (χ0) is 16.0. The summed E-state index contributed by atoms with van der Waals surface area (Å²) in [6.07, 6.45) is -3.12. The van der Waals surface area contributed by atoms with Gasteiger partial charge in [-0.15, -0.1) is 0 Å². The lowest BCUT2D eigenvalue weighted by atomic mass is 10.1. The average molecular weight is 313 g/mol. The van der Waals surface area contributed by atoms with Gasteiger partial charge in [-0.3, -0.25) is 4.98 Å². The van der Waals surface area contributed by atoms with E-state index < -0.39 is 11.9 Å². The molecule has 114 valence electrons. The van der Waals surface area contributed by atoms with Gasteiger partial charge in [0.15, 0.2) is 0 Å². The van der Waals surface area contributed by atoms with Gasteiger partial charge < -0.3 is 4.98 Å². The van der Waals surface area contributed by atoms with E-state index in [1.165, 1.54) is 6.20 Å². The van der Waals surface area contributed by atoms with Gasteiger partial charge in [-0.1, -0.05) is 30.3 Å². The SMILES string of the molecule is FC(F)(F)c1[nH]c2ccccc2c1-c1cnc2ccccc2n1. The molecule has 2 heterocycles. The summed E-state index contributed by atoms with van der Waals surface area (Å²) >= 11 is 0. The molecule has 4 rings (SSSR count). The van der Waals surface area contributed by atoms with Crippen LogP contribution in [-0.2, 0) is 6.18 Å². The van der Waals surface area contributed by atoms with Gasteiger partial charge in [0.2, 0.25) is 0 Å². The monoisotopic (exact) mass is 313 g/mol. The van der Waals surface area contributed by atoms with E-state index in [9.17, 15) is 13.2 Å². The number of hydrogen-bond donors (Lipinski definition) is 1. The second kappa shape index (κ2) is 4.81. The number of nitrogens with zero attached hydrogens (tertiary/aromatic N) is 2. The lowest BCUT2D eigenvalue weighted by Gasteiger charge is -2.08. The Kier molecular flexibility index (Phi) is 2.87. The maximum atomic E-state index is 13.4. The molecule has 0 aliphatic carbocycles. The van der Waals surface area contributed by atoms with E-state index in [0.717, 1.165) is 0 Å². The fourth-order valence-corrected chi connectivity index (χ4v) is 2.70. The van der Waals surface area contributed by atoms with Crippen LogP contribution in [0.25, 0.3) is 33.2 Å². The van der Waals surface area contributed by atoms with E-state index in [2.05, 4.69) is 15.0 Å². The zero-order valence-electron chi connectivity index (χ0n) is 11.7. The van der Waals surface area contributed by atoms with Crippen molar-refractivity contribution in [3.05, 3.63) is 60.4 Å². The number of halogens is 3. The highest BCUT2D eigenvalue weighted by molar-refractivity contribution is 5.97. The first-order chi connectivity index (χ1) is 11.0. The van der Waals surface area contributed by atoms with Crippen molar-refractivity contribution in [2.75, 3.05) is 0 Å². The summed E-state index contributed by atoms with van der Waals surface area (Å²) in [5, 5.41) is 0.476. The minimum atomic E-state index is -4.50. The lowest BCUT2D eigenvalue weighted by Crippen LogP contribution is -2.07. The van der Waals surface area contributed by atoms with Gasteiger partial charge in [-0.2, -0.15) is 13.2 Å². The predicted octanol–water partition coefficient (Wildman–Crippen LogP) is 4.80. The molecule has 0 saturated heterocycles. The van der Waals surface area contributed by atoms with Gasteiger partial charge in [0.25, 0.3) is 0 Å². The van der Waals surface area contributed by atoms with E-state index in [-0.39, 0.29) is 11.3 Å². The van der Waals surface area contributed by atoms with Crippen molar-refractivity contribution < 1.29 is 13.2 Å². The summed E-state index contributed by atoms with van der Waals surface area (Å²) in [5.41, 5.74) is 1.06. The molecule has 1 N–H and O–H groups in total. The van der Waals surface area contributed by atoms with E-state index in [1.807, 2.05) is 6.07 Å². The van der Waals surface area contributed by atoms with Crippen molar-refractivity contribution in [1.82, 2.24) is 15.0 Å². The van der Waals surface area contributed by atoms with Crippen LogP contribution in [0.15, 0.2) is 54.7 Å².